The number of nitrogens with zero attached hydrogens (tertiary/aromatic N) is 2. The summed E-state index contributed by atoms with van der Waals surface area (Å²) in [6.45, 7) is 5.57. The number of hydrogen-bond acceptors (Lipinski definition) is 4. The Kier molecular flexibility index (Phi) is 6.77. The first-order chi connectivity index (χ1) is 15.9. The zero-order chi connectivity index (χ0) is 23.4. The third-order valence-electron chi connectivity index (χ3n) is 6.04. The van der Waals surface area contributed by atoms with E-state index in [0.29, 0.717) is 31.9 Å². The molecule has 2 heterocycles. The van der Waals surface area contributed by atoms with Gasteiger partial charge in [0, 0.05) is 26.2 Å². The van der Waals surface area contributed by atoms with E-state index >= 15 is 0 Å². The fourth-order valence-corrected chi connectivity index (χ4v) is 4.15. The molecule has 4 rings (SSSR count). The molecular formula is C26H29N3O4. The number of hydrogen-bond donors (Lipinski definition) is 1. The van der Waals surface area contributed by atoms with E-state index in [2.05, 4.69) is 5.32 Å². The van der Waals surface area contributed by atoms with Crippen LogP contribution in [0.2, 0.25) is 0 Å². The zero-order valence-corrected chi connectivity index (χ0v) is 19.0. The maximum Gasteiger partial charge on any atom is 0.289 e. The molecule has 1 unspecified atom stereocenters. The molecule has 1 saturated heterocycles. The van der Waals surface area contributed by atoms with Gasteiger partial charge in [-0.25, -0.2) is 0 Å². The van der Waals surface area contributed by atoms with Crippen molar-refractivity contribution >= 4 is 28.5 Å². The molecule has 0 bridgehead atoms. The molecule has 1 atom stereocenters. The molecule has 1 aromatic heterocycles. The largest absolute Gasteiger partial charge is 0.459 e. The lowest BCUT2D eigenvalue weighted by atomic mass is 10.0. The SMILES string of the molecule is CC(C)C(NC(=O)Cc1ccc2ccccc2c1)C(=O)N1CCN(C(=O)c2ccco2)CC1. The number of fused-ring (bicyclic) bond motifs is 1. The molecule has 7 heteroatoms. The van der Waals surface area contributed by atoms with E-state index in [1.807, 2.05) is 56.3 Å². The lowest BCUT2D eigenvalue weighted by Crippen LogP contribution is -2.57. The number of piperazine rings is 1. The number of furan rings is 1. The highest BCUT2D eigenvalue weighted by atomic mass is 16.3. The molecule has 0 saturated carbocycles. The first kappa shape index (κ1) is 22.6. The number of amides is 3. The predicted molar refractivity (Wildman–Crippen MR) is 126 cm³/mol. The van der Waals surface area contributed by atoms with Gasteiger partial charge in [0.25, 0.3) is 5.91 Å². The lowest BCUT2D eigenvalue weighted by molar-refractivity contribution is -0.138. The van der Waals surface area contributed by atoms with Crippen LogP contribution in [0.15, 0.2) is 65.3 Å². The monoisotopic (exact) mass is 447 g/mol. The highest BCUT2D eigenvalue weighted by molar-refractivity contribution is 5.92. The summed E-state index contributed by atoms with van der Waals surface area (Å²) in [5, 5.41) is 5.15. The maximum absolute atomic E-state index is 13.2. The first-order valence-corrected chi connectivity index (χ1v) is 11.3. The van der Waals surface area contributed by atoms with E-state index in [1.54, 1.807) is 21.9 Å². The Balaban J connectivity index is 1.35. The van der Waals surface area contributed by atoms with E-state index in [1.165, 1.54) is 6.26 Å². The second-order valence-electron chi connectivity index (χ2n) is 8.74. The second-order valence-corrected chi connectivity index (χ2v) is 8.74. The zero-order valence-electron chi connectivity index (χ0n) is 19.0. The van der Waals surface area contributed by atoms with Crippen LogP contribution in [-0.4, -0.2) is 59.7 Å². The standard InChI is InChI=1S/C26H29N3O4/c1-18(2)24(27-23(30)17-19-9-10-20-6-3-4-7-21(20)16-19)26(32)29-13-11-28(12-14-29)25(31)22-8-5-15-33-22/h3-10,15-16,18,24H,11-14,17H2,1-2H3,(H,27,30). The summed E-state index contributed by atoms with van der Waals surface area (Å²) in [6, 6.07) is 16.7. The van der Waals surface area contributed by atoms with E-state index in [4.69, 9.17) is 4.42 Å². The fourth-order valence-electron chi connectivity index (χ4n) is 4.15. The maximum atomic E-state index is 13.2. The summed E-state index contributed by atoms with van der Waals surface area (Å²) in [5.41, 5.74) is 0.909. The van der Waals surface area contributed by atoms with E-state index in [0.717, 1.165) is 16.3 Å². The van der Waals surface area contributed by atoms with E-state index in [-0.39, 0.29) is 30.1 Å². The van der Waals surface area contributed by atoms with Gasteiger partial charge < -0.3 is 19.5 Å². The normalized spacial score (nSPS) is 15.0. The summed E-state index contributed by atoms with van der Waals surface area (Å²) < 4.78 is 5.19. The summed E-state index contributed by atoms with van der Waals surface area (Å²) in [6.07, 6.45) is 1.69. The van der Waals surface area contributed by atoms with Crippen molar-refractivity contribution in [2.45, 2.75) is 26.3 Å². The van der Waals surface area contributed by atoms with Crippen LogP contribution >= 0.6 is 0 Å². The lowest BCUT2D eigenvalue weighted by Gasteiger charge is -2.37. The van der Waals surface area contributed by atoms with Crippen LogP contribution in [-0.2, 0) is 16.0 Å². The molecule has 3 aromatic rings. The highest BCUT2D eigenvalue weighted by Gasteiger charge is 2.32. The molecule has 1 fully saturated rings. The van der Waals surface area contributed by atoms with Crippen molar-refractivity contribution in [1.82, 2.24) is 15.1 Å². The number of benzene rings is 2. The molecule has 2 aromatic carbocycles. The molecule has 0 aliphatic carbocycles. The number of rotatable bonds is 6. The van der Waals surface area contributed by atoms with Gasteiger partial charge >= 0.3 is 0 Å². The van der Waals surface area contributed by atoms with Gasteiger partial charge in [-0.05, 0) is 34.4 Å². The highest BCUT2D eigenvalue weighted by Crippen LogP contribution is 2.17. The van der Waals surface area contributed by atoms with Gasteiger partial charge in [-0.15, -0.1) is 0 Å². The van der Waals surface area contributed by atoms with Crippen molar-refractivity contribution in [1.29, 1.82) is 0 Å². The minimum absolute atomic E-state index is 0.0548. The first-order valence-electron chi connectivity index (χ1n) is 11.3. The Labute approximate surface area is 193 Å². The van der Waals surface area contributed by atoms with Gasteiger partial charge in [0.2, 0.25) is 11.8 Å². The van der Waals surface area contributed by atoms with Gasteiger partial charge in [0.05, 0.1) is 12.7 Å². The summed E-state index contributed by atoms with van der Waals surface area (Å²) in [5.74, 6) is -0.209. The number of nitrogens with one attached hydrogen (secondary N) is 1. The van der Waals surface area contributed by atoms with Gasteiger partial charge in [-0.1, -0.05) is 56.3 Å². The summed E-state index contributed by atoms with van der Waals surface area (Å²) >= 11 is 0. The van der Waals surface area contributed by atoms with Crippen molar-refractivity contribution in [2.75, 3.05) is 26.2 Å². The quantitative estimate of drug-likeness (QED) is 0.630. The summed E-state index contributed by atoms with van der Waals surface area (Å²) in [4.78, 5) is 41.8. The van der Waals surface area contributed by atoms with Crippen LogP contribution in [0.4, 0.5) is 0 Å². The Bertz CT molecular complexity index is 1130. The van der Waals surface area contributed by atoms with Crippen molar-refractivity contribution in [3.8, 4) is 0 Å². The smallest absolute Gasteiger partial charge is 0.289 e. The predicted octanol–water partition coefficient (Wildman–Crippen LogP) is 3.10. The second kappa shape index (κ2) is 9.90. The van der Waals surface area contributed by atoms with Gasteiger partial charge in [0.15, 0.2) is 5.76 Å². The van der Waals surface area contributed by atoms with Crippen LogP contribution < -0.4 is 5.32 Å². The third-order valence-corrected chi connectivity index (χ3v) is 6.04. The molecule has 0 spiro atoms. The van der Waals surface area contributed by atoms with Crippen LogP contribution in [0.1, 0.15) is 30.0 Å². The fraction of sp³-hybridized carbons (Fsp3) is 0.346. The number of carbonyl (C=O) groups is 3. The molecule has 33 heavy (non-hydrogen) atoms. The van der Waals surface area contributed by atoms with Gasteiger partial charge in [-0.2, -0.15) is 0 Å². The van der Waals surface area contributed by atoms with E-state index in [9.17, 15) is 14.4 Å². The van der Waals surface area contributed by atoms with Crippen LogP contribution in [0.25, 0.3) is 10.8 Å². The van der Waals surface area contributed by atoms with Crippen molar-refractivity contribution < 1.29 is 18.8 Å². The number of carbonyl (C=O) groups excluding carboxylic acids is 3. The Morgan fingerprint density at radius 2 is 1.61 bits per heavy atom. The molecular weight excluding hydrogens is 418 g/mol. The minimum atomic E-state index is -0.606. The van der Waals surface area contributed by atoms with Crippen LogP contribution in [0.5, 0.6) is 0 Å². The average Bonchev–Trinajstić information content (AvgIpc) is 3.36. The molecule has 1 N–H and O–H groups in total. The molecule has 1 aliphatic rings. The Morgan fingerprint density at radius 1 is 0.909 bits per heavy atom. The molecule has 0 radical (unpaired) electrons. The molecule has 172 valence electrons. The van der Waals surface area contributed by atoms with Crippen LogP contribution in [0.3, 0.4) is 0 Å². The Hall–Kier alpha value is -3.61. The Morgan fingerprint density at radius 3 is 2.27 bits per heavy atom. The summed E-state index contributed by atoms with van der Waals surface area (Å²) in [7, 11) is 0. The van der Waals surface area contributed by atoms with Crippen LogP contribution in [0, 0.1) is 5.92 Å². The van der Waals surface area contributed by atoms with Crippen molar-refractivity contribution in [3.05, 3.63) is 72.2 Å². The third kappa shape index (κ3) is 5.25. The average molecular weight is 448 g/mol. The minimum Gasteiger partial charge on any atom is -0.459 e. The van der Waals surface area contributed by atoms with Crippen molar-refractivity contribution in [3.63, 3.8) is 0 Å². The topological polar surface area (TPSA) is 82.9 Å². The molecule has 7 nitrogen and oxygen atoms in total. The van der Waals surface area contributed by atoms with Crippen molar-refractivity contribution in [2.24, 2.45) is 5.92 Å². The molecule has 1 aliphatic heterocycles. The molecule has 3 amide bonds. The van der Waals surface area contributed by atoms with Gasteiger partial charge in [0.1, 0.15) is 6.04 Å². The van der Waals surface area contributed by atoms with Gasteiger partial charge in [-0.3, -0.25) is 14.4 Å². The van der Waals surface area contributed by atoms with E-state index < -0.39 is 6.04 Å².